The minimum absolute atomic E-state index is 0.0380. The van der Waals surface area contributed by atoms with Gasteiger partial charge in [-0.3, -0.25) is 9.59 Å². The number of fused-ring (bicyclic) bond motifs is 3. The number of halogens is 2. The lowest BCUT2D eigenvalue weighted by Gasteiger charge is -2.31. The molecule has 2 amide bonds. The first-order chi connectivity index (χ1) is 18.1. The molecule has 11 heteroatoms. The second-order valence-corrected chi connectivity index (χ2v) is 9.79. The van der Waals surface area contributed by atoms with Gasteiger partial charge in [-0.1, -0.05) is 0 Å². The molecule has 4 heterocycles. The number of carbonyl (C=O) groups excluding carboxylic acids is 2. The summed E-state index contributed by atoms with van der Waals surface area (Å²) in [7, 11) is 0. The van der Waals surface area contributed by atoms with Gasteiger partial charge in [0.05, 0.1) is 17.9 Å². The van der Waals surface area contributed by atoms with E-state index in [0.29, 0.717) is 35.3 Å². The fourth-order valence-corrected chi connectivity index (χ4v) is 4.99. The first-order valence-electron chi connectivity index (χ1n) is 12.4. The molecule has 2 aliphatic heterocycles. The molecule has 1 fully saturated rings. The molecule has 2 aliphatic rings. The highest BCUT2D eigenvalue weighted by atomic mass is 19.2. The first-order valence-corrected chi connectivity index (χ1v) is 12.4. The van der Waals surface area contributed by atoms with E-state index in [9.17, 15) is 28.6 Å². The van der Waals surface area contributed by atoms with E-state index in [1.54, 1.807) is 26.1 Å². The van der Waals surface area contributed by atoms with Gasteiger partial charge in [0, 0.05) is 48.4 Å². The van der Waals surface area contributed by atoms with Gasteiger partial charge in [-0.2, -0.15) is 0 Å². The Balaban J connectivity index is 1.68. The highest BCUT2D eigenvalue weighted by Gasteiger charge is 2.40. The van der Waals surface area contributed by atoms with Crippen molar-refractivity contribution in [3.05, 3.63) is 71.2 Å². The van der Waals surface area contributed by atoms with Gasteiger partial charge in [-0.15, -0.1) is 0 Å². The Bertz CT molecular complexity index is 1420. The monoisotopic (exact) mass is 526 g/mol. The van der Waals surface area contributed by atoms with Gasteiger partial charge in [0.15, 0.2) is 17.9 Å². The maximum atomic E-state index is 14.1. The molecule has 0 saturated carbocycles. The van der Waals surface area contributed by atoms with Crippen LogP contribution in [0.25, 0.3) is 16.6 Å². The number of aromatic nitrogens is 2. The molecular formula is C27H28F2N4O5. The second kappa shape index (κ2) is 10.2. The lowest BCUT2D eigenvalue weighted by Crippen LogP contribution is -2.49. The third kappa shape index (κ3) is 4.80. The SMILES string of the molecule is CC(C)OC(O)C1=CN(C(=O)c2ccc(F)c(F)c2)C(C(=O)N2CCC(O)C2)Cc2c1[nH]c1ncccc21. The van der Waals surface area contributed by atoms with E-state index < -0.39 is 41.9 Å². The van der Waals surface area contributed by atoms with Crippen LogP contribution in [0, 0.1) is 11.6 Å². The van der Waals surface area contributed by atoms with Crippen molar-refractivity contribution in [3.8, 4) is 0 Å². The second-order valence-electron chi connectivity index (χ2n) is 9.79. The smallest absolute Gasteiger partial charge is 0.258 e. The number of amides is 2. The summed E-state index contributed by atoms with van der Waals surface area (Å²) in [5.41, 5.74) is 1.63. The number of nitrogens with zero attached hydrogens (tertiary/aromatic N) is 3. The van der Waals surface area contributed by atoms with Crippen molar-refractivity contribution >= 4 is 28.4 Å². The number of β-amino-alcohol motifs (C(OH)–C–C–N with tert-alkyl or cyclic N) is 1. The van der Waals surface area contributed by atoms with Crippen molar-refractivity contribution < 1.29 is 33.3 Å². The standard InChI is InChI=1S/C27H28F2N4O5/c1-14(2)38-27(37)19-13-33(25(35)15-5-6-20(28)21(29)10-15)22(26(36)32-9-7-16(34)12-32)11-18-17-4-3-8-30-24(17)31-23(18)19/h3-6,8,10,13-14,16,22,27,34,37H,7,9,11-12H2,1-2H3,(H,30,31). The quantitative estimate of drug-likeness (QED) is 0.440. The number of hydrogen-bond acceptors (Lipinski definition) is 6. The molecule has 2 aromatic heterocycles. The summed E-state index contributed by atoms with van der Waals surface area (Å²) in [5.74, 6) is -3.49. The predicted octanol–water partition coefficient (Wildman–Crippen LogP) is 2.59. The number of likely N-dealkylation sites (tertiary alicyclic amines) is 1. The molecule has 5 rings (SSSR count). The zero-order chi connectivity index (χ0) is 27.1. The number of nitrogens with one attached hydrogen (secondary N) is 1. The zero-order valence-electron chi connectivity index (χ0n) is 20.9. The van der Waals surface area contributed by atoms with Crippen LogP contribution in [-0.4, -0.2) is 79.4 Å². The van der Waals surface area contributed by atoms with E-state index in [0.717, 1.165) is 23.1 Å². The number of aromatic amines is 1. The fourth-order valence-electron chi connectivity index (χ4n) is 4.99. The zero-order valence-corrected chi connectivity index (χ0v) is 20.9. The molecule has 200 valence electrons. The van der Waals surface area contributed by atoms with Crippen LogP contribution in [0.1, 0.15) is 41.9 Å². The Morgan fingerprint density at radius 3 is 2.68 bits per heavy atom. The van der Waals surface area contributed by atoms with Crippen LogP contribution in [0.2, 0.25) is 0 Å². The van der Waals surface area contributed by atoms with Crippen molar-refractivity contribution in [2.75, 3.05) is 13.1 Å². The number of rotatable bonds is 5. The van der Waals surface area contributed by atoms with Crippen LogP contribution in [0.5, 0.6) is 0 Å². The number of hydrogen-bond donors (Lipinski definition) is 3. The molecule has 0 radical (unpaired) electrons. The van der Waals surface area contributed by atoms with E-state index in [1.165, 1.54) is 11.1 Å². The molecule has 9 nitrogen and oxygen atoms in total. The lowest BCUT2D eigenvalue weighted by atomic mass is 10.00. The Kier molecular flexibility index (Phi) is 6.99. The Hall–Kier alpha value is -3.67. The van der Waals surface area contributed by atoms with Gasteiger partial charge in [-0.25, -0.2) is 13.8 Å². The van der Waals surface area contributed by atoms with Crippen LogP contribution >= 0.6 is 0 Å². The van der Waals surface area contributed by atoms with Gasteiger partial charge in [0.25, 0.3) is 5.91 Å². The third-order valence-electron chi connectivity index (χ3n) is 6.81. The van der Waals surface area contributed by atoms with Crippen LogP contribution in [0.3, 0.4) is 0 Å². The summed E-state index contributed by atoms with van der Waals surface area (Å²) < 4.78 is 33.4. The Morgan fingerprint density at radius 2 is 2.00 bits per heavy atom. The number of pyridine rings is 1. The van der Waals surface area contributed by atoms with Crippen molar-refractivity contribution in [1.82, 2.24) is 19.8 Å². The molecule has 3 unspecified atom stereocenters. The van der Waals surface area contributed by atoms with Crippen molar-refractivity contribution in [2.45, 2.75) is 51.2 Å². The largest absolute Gasteiger partial charge is 0.391 e. The number of ether oxygens (including phenoxy) is 1. The van der Waals surface area contributed by atoms with Gasteiger partial charge in [0.1, 0.15) is 11.7 Å². The third-order valence-corrected chi connectivity index (χ3v) is 6.81. The molecule has 3 N–H and O–H groups in total. The summed E-state index contributed by atoms with van der Waals surface area (Å²) >= 11 is 0. The summed E-state index contributed by atoms with van der Waals surface area (Å²) in [5, 5.41) is 21.8. The molecule has 1 saturated heterocycles. The predicted molar refractivity (Wildman–Crippen MR) is 134 cm³/mol. The first kappa shape index (κ1) is 26.0. The minimum atomic E-state index is -1.48. The topological polar surface area (TPSA) is 119 Å². The van der Waals surface area contributed by atoms with Crippen molar-refractivity contribution in [3.63, 3.8) is 0 Å². The normalized spacial score (nSPS) is 20.4. The summed E-state index contributed by atoms with van der Waals surface area (Å²) in [6, 6.07) is 5.21. The van der Waals surface area contributed by atoms with Gasteiger partial charge in [-0.05, 0) is 56.2 Å². The van der Waals surface area contributed by atoms with Gasteiger partial charge in [0.2, 0.25) is 5.91 Å². The Morgan fingerprint density at radius 1 is 1.21 bits per heavy atom. The average molecular weight is 527 g/mol. The number of aliphatic hydroxyl groups is 2. The van der Waals surface area contributed by atoms with Gasteiger partial charge >= 0.3 is 0 Å². The number of benzene rings is 1. The lowest BCUT2D eigenvalue weighted by molar-refractivity contribution is -0.134. The molecule has 0 spiro atoms. The van der Waals surface area contributed by atoms with Crippen LogP contribution in [0.4, 0.5) is 8.78 Å². The Labute approximate surface area is 217 Å². The molecule has 0 aliphatic carbocycles. The summed E-state index contributed by atoms with van der Waals surface area (Å²) in [6.07, 6.45) is 0.836. The highest BCUT2D eigenvalue weighted by Crippen LogP contribution is 2.35. The van der Waals surface area contributed by atoms with Crippen molar-refractivity contribution in [1.29, 1.82) is 0 Å². The number of aliphatic hydroxyl groups excluding tert-OH is 2. The van der Waals surface area contributed by atoms with E-state index in [-0.39, 0.29) is 30.2 Å². The van der Waals surface area contributed by atoms with E-state index in [1.807, 2.05) is 6.07 Å². The minimum Gasteiger partial charge on any atom is -0.391 e. The van der Waals surface area contributed by atoms with Gasteiger partial charge < -0.3 is 29.7 Å². The molecule has 1 aromatic carbocycles. The molecule has 3 aromatic rings. The van der Waals surface area contributed by atoms with Crippen LogP contribution < -0.4 is 0 Å². The maximum Gasteiger partial charge on any atom is 0.258 e. The van der Waals surface area contributed by atoms with E-state index >= 15 is 0 Å². The summed E-state index contributed by atoms with van der Waals surface area (Å²) in [4.78, 5) is 37.7. The average Bonchev–Trinajstić information content (AvgIpc) is 3.43. The van der Waals surface area contributed by atoms with Crippen LogP contribution in [-0.2, 0) is 16.0 Å². The molecular weight excluding hydrogens is 498 g/mol. The fraction of sp³-hybridized carbons (Fsp3) is 0.370. The highest BCUT2D eigenvalue weighted by molar-refractivity contribution is 6.00. The maximum absolute atomic E-state index is 14.1. The van der Waals surface area contributed by atoms with E-state index in [4.69, 9.17) is 4.74 Å². The molecule has 0 bridgehead atoms. The van der Waals surface area contributed by atoms with Crippen molar-refractivity contribution in [2.24, 2.45) is 0 Å². The number of carbonyl (C=O) groups is 2. The van der Waals surface area contributed by atoms with E-state index in [2.05, 4.69) is 9.97 Å². The number of H-pyrrole nitrogens is 1. The molecule has 38 heavy (non-hydrogen) atoms. The summed E-state index contributed by atoms with van der Waals surface area (Å²) in [6.45, 7) is 3.90. The molecule has 3 atom stereocenters. The van der Waals surface area contributed by atoms with Crippen LogP contribution in [0.15, 0.2) is 42.7 Å².